The van der Waals surface area contributed by atoms with Crippen LogP contribution in [0.4, 0.5) is 0 Å². The molecule has 0 saturated carbocycles. The zero-order valence-electron chi connectivity index (χ0n) is 10.6. The Balaban J connectivity index is 1.85. The van der Waals surface area contributed by atoms with Gasteiger partial charge in [-0.25, -0.2) is 0 Å². The number of unbranched alkanes of at least 4 members (excludes halogenated alkanes) is 5. The van der Waals surface area contributed by atoms with E-state index in [1.54, 1.807) is 0 Å². The van der Waals surface area contributed by atoms with E-state index in [1.807, 2.05) is 18.2 Å². The lowest BCUT2D eigenvalue weighted by molar-refractivity contribution is 0.116. The fourth-order valence-corrected chi connectivity index (χ4v) is 1.79. The number of rotatable bonds is 10. The van der Waals surface area contributed by atoms with Crippen molar-refractivity contribution in [2.45, 2.75) is 45.1 Å². The van der Waals surface area contributed by atoms with Crippen LogP contribution in [0.15, 0.2) is 30.3 Å². The van der Waals surface area contributed by atoms with E-state index in [1.165, 1.54) is 24.8 Å². The van der Waals surface area contributed by atoms with Gasteiger partial charge in [-0.1, -0.05) is 56.0 Å². The third kappa shape index (κ3) is 7.94. The highest BCUT2D eigenvalue weighted by molar-refractivity contribution is 5.13. The van der Waals surface area contributed by atoms with Crippen LogP contribution < -0.4 is 0 Å². The third-order valence-corrected chi connectivity index (χ3v) is 2.81. The molecule has 96 valence electrons. The van der Waals surface area contributed by atoms with E-state index < -0.39 is 0 Å². The van der Waals surface area contributed by atoms with Crippen molar-refractivity contribution in [2.24, 2.45) is 0 Å². The molecule has 1 rings (SSSR count). The minimum absolute atomic E-state index is 0.334. The lowest BCUT2D eigenvalue weighted by Crippen LogP contribution is -1.95. The molecule has 0 atom stereocenters. The molecule has 1 aromatic carbocycles. The minimum Gasteiger partial charge on any atom is -0.396 e. The molecule has 0 saturated heterocycles. The van der Waals surface area contributed by atoms with Gasteiger partial charge in [-0.2, -0.15) is 0 Å². The summed E-state index contributed by atoms with van der Waals surface area (Å²) >= 11 is 0. The number of aliphatic hydroxyl groups excluding tert-OH is 1. The minimum atomic E-state index is 0.334. The number of benzene rings is 1. The highest BCUT2D eigenvalue weighted by Crippen LogP contribution is 2.06. The van der Waals surface area contributed by atoms with Crippen LogP contribution in [0.3, 0.4) is 0 Å². The molecule has 1 N–H and O–H groups in total. The summed E-state index contributed by atoms with van der Waals surface area (Å²) in [5, 5.41) is 8.63. The summed E-state index contributed by atoms with van der Waals surface area (Å²) in [4.78, 5) is 0. The first-order chi connectivity index (χ1) is 8.43. The van der Waals surface area contributed by atoms with Gasteiger partial charge in [0.05, 0.1) is 6.61 Å². The molecule has 0 spiro atoms. The van der Waals surface area contributed by atoms with E-state index in [-0.39, 0.29) is 0 Å². The Kier molecular flexibility index (Phi) is 8.61. The molecule has 1 aromatic rings. The van der Waals surface area contributed by atoms with E-state index in [2.05, 4.69) is 12.1 Å². The van der Waals surface area contributed by atoms with Gasteiger partial charge in [-0.3, -0.25) is 0 Å². The summed E-state index contributed by atoms with van der Waals surface area (Å²) in [5.74, 6) is 0. The number of hydrogen-bond acceptors (Lipinski definition) is 2. The molecular weight excluding hydrogens is 212 g/mol. The molecule has 0 aromatic heterocycles. The largest absolute Gasteiger partial charge is 0.396 e. The molecule has 0 amide bonds. The molecule has 0 aliphatic heterocycles. The maximum absolute atomic E-state index is 8.63. The summed E-state index contributed by atoms with van der Waals surface area (Å²) in [6, 6.07) is 10.3. The molecule has 2 nitrogen and oxygen atoms in total. The smallest absolute Gasteiger partial charge is 0.0716 e. The summed E-state index contributed by atoms with van der Waals surface area (Å²) in [6.07, 6.45) is 6.98. The van der Waals surface area contributed by atoms with E-state index in [0.717, 1.165) is 32.5 Å². The van der Waals surface area contributed by atoms with Gasteiger partial charge >= 0.3 is 0 Å². The van der Waals surface area contributed by atoms with Crippen LogP contribution in [0.2, 0.25) is 0 Å². The Morgan fingerprint density at radius 1 is 0.824 bits per heavy atom. The van der Waals surface area contributed by atoms with E-state index in [0.29, 0.717) is 6.61 Å². The highest BCUT2D eigenvalue weighted by Gasteiger charge is 1.93. The number of aliphatic hydroxyl groups is 1. The maximum Gasteiger partial charge on any atom is 0.0716 e. The van der Waals surface area contributed by atoms with E-state index in [9.17, 15) is 0 Å². The van der Waals surface area contributed by atoms with Crippen molar-refractivity contribution in [1.82, 2.24) is 0 Å². The van der Waals surface area contributed by atoms with Gasteiger partial charge in [0.15, 0.2) is 0 Å². The first-order valence-electron chi connectivity index (χ1n) is 6.66. The second kappa shape index (κ2) is 10.3. The van der Waals surface area contributed by atoms with E-state index in [4.69, 9.17) is 9.84 Å². The van der Waals surface area contributed by atoms with Gasteiger partial charge in [0.2, 0.25) is 0 Å². The van der Waals surface area contributed by atoms with Gasteiger partial charge < -0.3 is 9.84 Å². The average Bonchev–Trinajstić information content (AvgIpc) is 2.38. The van der Waals surface area contributed by atoms with Crippen LogP contribution in [-0.4, -0.2) is 18.3 Å². The molecule has 17 heavy (non-hydrogen) atoms. The average molecular weight is 236 g/mol. The molecular formula is C15H24O2. The zero-order chi connectivity index (χ0) is 12.2. The topological polar surface area (TPSA) is 29.5 Å². The summed E-state index contributed by atoms with van der Waals surface area (Å²) in [7, 11) is 0. The molecule has 2 heteroatoms. The van der Waals surface area contributed by atoms with Crippen LogP contribution in [0, 0.1) is 0 Å². The normalized spacial score (nSPS) is 10.6. The first kappa shape index (κ1) is 14.2. The predicted molar refractivity (Wildman–Crippen MR) is 70.9 cm³/mol. The summed E-state index contributed by atoms with van der Waals surface area (Å²) < 4.78 is 5.61. The van der Waals surface area contributed by atoms with Gasteiger partial charge in [0.1, 0.15) is 0 Å². The molecule has 0 aliphatic carbocycles. The molecule has 0 bridgehead atoms. The van der Waals surface area contributed by atoms with Gasteiger partial charge in [0.25, 0.3) is 0 Å². The van der Waals surface area contributed by atoms with Crippen molar-refractivity contribution in [1.29, 1.82) is 0 Å². The molecule has 0 fully saturated rings. The standard InChI is InChI=1S/C15H24O2/c16-12-8-3-1-2-4-9-13-17-14-15-10-6-5-7-11-15/h5-7,10-11,16H,1-4,8-9,12-14H2. The van der Waals surface area contributed by atoms with Crippen LogP contribution in [-0.2, 0) is 11.3 Å². The maximum atomic E-state index is 8.63. The van der Waals surface area contributed by atoms with Crippen LogP contribution in [0.25, 0.3) is 0 Å². The number of hydrogen-bond donors (Lipinski definition) is 1. The second-order valence-corrected chi connectivity index (χ2v) is 4.38. The van der Waals surface area contributed by atoms with Crippen molar-refractivity contribution in [2.75, 3.05) is 13.2 Å². The fourth-order valence-electron chi connectivity index (χ4n) is 1.79. The van der Waals surface area contributed by atoms with Crippen molar-refractivity contribution in [3.05, 3.63) is 35.9 Å². The SMILES string of the molecule is OCCCCCCCCOCc1ccccc1. The highest BCUT2D eigenvalue weighted by atomic mass is 16.5. The van der Waals surface area contributed by atoms with Crippen molar-refractivity contribution in [3.63, 3.8) is 0 Å². The lowest BCUT2D eigenvalue weighted by atomic mass is 10.1. The predicted octanol–water partition coefficient (Wildman–Crippen LogP) is 3.54. The second-order valence-electron chi connectivity index (χ2n) is 4.38. The summed E-state index contributed by atoms with van der Waals surface area (Å²) in [5.41, 5.74) is 1.25. The molecule has 0 heterocycles. The zero-order valence-corrected chi connectivity index (χ0v) is 10.6. The Bertz CT molecular complexity index is 259. The van der Waals surface area contributed by atoms with Crippen LogP contribution in [0.5, 0.6) is 0 Å². The van der Waals surface area contributed by atoms with Crippen LogP contribution >= 0.6 is 0 Å². The fraction of sp³-hybridized carbons (Fsp3) is 0.600. The van der Waals surface area contributed by atoms with E-state index >= 15 is 0 Å². The van der Waals surface area contributed by atoms with Gasteiger partial charge in [-0.05, 0) is 18.4 Å². The van der Waals surface area contributed by atoms with Crippen molar-refractivity contribution >= 4 is 0 Å². The van der Waals surface area contributed by atoms with Gasteiger partial charge in [-0.15, -0.1) is 0 Å². The van der Waals surface area contributed by atoms with Gasteiger partial charge in [0, 0.05) is 13.2 Å². The Morgan fingerprint density at radius 3 is 2.18 bits per heavy atom. The quantitative estimate of drug-likeness (QED) is 0.630. The molecule has 0 radical (unpaired) electrons. The molecule has 0 aliphatic rings. The lowest BCUT2D eigenvalue weighted by Gasteiger charge is -2.04. The van der Waals surface area contributed by atoms with Crippen molar-refractivity contribution < 1.29 is 9.84 Å². The Labute approximate surface area is 105 Å². The van der Waals surface area contributed by atoms with Crippen molar-refractivity contribution in [3.8, 4) is 0 Å². The number of ether oxygens (including phenoxy) is 1. The third-order valence-electron chi connectivity index (χ3n) is 2.81. The summed E-state index contributed by atoms with van der Waals surface area (Å²) in [6.45, 7) is 1.92. The Hall–Kier alpha value is -0.860. The van der Waals surface area contributed by atoms with Crippen LogP contribution in [0.1, 0.15) is 44.1 Å². The molecule has 0 unspecified atom stereocenters. The monoisotopic (exact) mass is 236 g/mol. The Morgan fingerprint density at radius 2 is 1.47 bits per heavy atom. The first-order valence-corrected chi connectivity index (χ1v) is 6.66.